The minimum atomic E-state index is -0.355. The van der Waals surface area contributed by atoms with E-state index in [2.05, 4.69) is 17.4 Å². The van der Waals surface area contributed by atoms with Gasteiger partial charge in [0.15, 0.2) is 11.5 Å². The molecule has 6 nitrogen and oxygen atoms in total. The summed E-state index contributed by atoms with van der Waals surface area (Å²) in [5.41, 5.74) is 6.09. The normalized spacial score (nSPS) is 31.1. The third kappa shape index (κ3) is 3.24. The zero-order valence-corrected chi connectivity index (χ0v) is 19.8. The van der Waals surface area contributed by atoms with Crippen LogP contribution in [0.5, 0.6) is 0 Å². The summed E-state index contributed by atoms with van der Waals surface area (Å²) in [6, 6.07) is 8.30. The van der Waals surface area contributed by atoms with Crippen molar-refractivity contribution in [3.63, 3.8) is 0 Å². The number of thioether (sulfide) groups is 1. The van der Waals surface area contributed by atoms with E-state index in [9.17, 15) is 9.59 Å². The van der Waals surface area contributed by atoms with Gasteiger partial charge in [0.2, 0.25) is 0 Å². The van der Waals surface area contributed by atoms with Crippen LogP contribution >= 0.6 is 11.8 Å². The molecule has 1 aromatic carbocycles. The summed E-state index contributed by atoms with van der Waals surface area (Å²) in [6.07, 6.45) is 11.4. The third-order valence-electron chi connectivity index (χ3n) is 8.23. The van der Waals surface area contributed by atoms with Crippen molar-refractivity contribution in [2.45, 2.75) is 50.9 Å². The number of rotatable bonds is 3. The van der Waals surface area contributed by atoms with Crippen molar-refractivity contribution in [2.75, 3.05) is 0 Å². The minimum Gasteiger partial charge on any atom is -0.441 e. The van der Waals surface area contributed by atoms with Crippen LogP contribution in [0.15, 0.2) is 39.8 Å². The standard InChI is InChI=1S/C27H25N3O3S/c1-14-29-22-9-19(21-3-2-15(13-28-21)7-23-25(31)30-26(32)34-23)8-20(24(22)33-14)27-10-16-4-17(11-27)6-18(5-16)12-27/h2-3,7-9,13,16-18H,4-6,10-12H2,1H3,(H,30,31,32). The van der Waals surface area contributed by atoms with Gasteiger partial charge in [0, 0.05) is 24.2 Å². The molecule has 0 radical (unpaired) electrons. The fourth-order valence-corrected chi connectivity index (χ4v) is 8.04. The molecule has 3 aromatic rings. The number of amides is 2. The summed E-state index contributed by atoms with van der Waals surface area (Å²) >= 11 is 0.917. The molecule has 5 aliphatic rings. The van der Waals surface area contributed by atoms with E-state index in [4.69, 9.17) is 14.4 Å². The first-order valence-electron chi connectivity index (χ1n) is 12.1. The molecule has 2 amide bonds. The van der Waals surface area contributed by atoms with E-state index in [0.29, 0.717) is 10.8 Å². The van der Waals surface area contributed by atoms with Crippen molar-refractivity contribution >= 4 is 40.1 Å². The van der Waals surface area contributed by atoms with E-state index in [1.165, 1.54) is 44.1 Å². The number of aryl methyl sites for hydroxylation is 1. The average molecular weight is 472 g/mol. The van der Waals surface area contributed by atoms with Crippen molar-refractivity contribution in [1.82, 2.24) is 15.3 Å². The molecule has 8 rings (SSSR count). The molecule has 5 fully saturated rings. The number of nitrogens with one attached hydrogen (secondary N) is 1. The van der Waals surface area contributed by atoms with E-state index in [-0.39, 0.29) is 16.6 Å². The molecule has 7 heteroatoms. The van der Waals surface area contributed by atoms with Crippen LogP contribution in [0, 0.1) is 24.7 Å². The molecule has 2 aromatic heterocycles. The molecule has 4 bridgehead atoms. The van der Waals surface area contributed by atoms with Gasteiger partial charge in [-0.2, -0.15) is 0 Å². The van der Waals surface area contributed by atoms with E-state index >= 15 is 0 Å². The van der Waals surface area contributed by atoms with Gasteiger partial charge in [-0.15, -0.1) is 0 Å². The Morgan fingerprint density at radius 1 is 1.09 bits per heavy atom. The van der Waals surface area contributed by atoms with Gasteiger partial charge in [0.1, 0.15) is 5.52 Å². The molecule has 0 unspecified atom stereocenters. The second kappa shape index (κ2) is 7.28. The van der Waals surface area contributed by atoms with Gasteiger partial charge in [-0.3, -0.25) is 19.9 Å². The number of imide groups is 1. The highest BCUT2D eigenvalue weighted by Crippen LogP contribution is 2.61. The molecule has 1 saturated heterocycles. The molecule has 4 saturated carbocycles. The predicted molar refractivity (Wildman–Crippen MR) is 131 cm³/mol. The monoisotopic (exact) mass is 471 g/mol. The molecule has 3 heterocycles. The fourth-order valence-electron chi connectivity index (χ4n) is 7.36. The van der Waals surface area contributed by atoms with Gasteiger partial charge in [0.25, 0.3) is 11.1 Å². The average Bonchev–Trinajstić information content (AvgIpc) is 3.32. The van der Waals surface area contributed by atoms with Crippen molar-refractivity contribution in [3.8, 4) is 11.3 Å². The van der Waals surface area contributed by atoms with Gasteiger partial charge >= 0.3 is 0 Å². The number of hydrogen-bond donors (Lipinski definition) is 1. The summed E-state index contributed by atoms with van der Waals surface area (Å²) in [4.78, 5) is 33.1. The summed E-state index contributed by atoms with van der Waals surface area (Å²) < 4.78 is 6.18. The molecule has 1 N–H and O–H groups in total. The number of nitrogens with zero attached hydrogens (tertiary/aromatic N) is 2. The van der Waals surface area contributed by atoms with Gasteiger partial charge < -0.3 is 4.42 Å². The molecule has 4 aliphatic carbocycles. The lowest BCUT2D eigenvalue weighted by Gasteiger charge is -2.57. The molecule has 0 atom stereocenters. The molecule has 34 heavy (non-hydrogen) atoms. The molecule has 172 valence electrons. The highest BCUT2D eigenvalue weighted by atomic mass is 32.2. The van der Waals surface area contributed by atoms with Crippen LogP contribution in [0.2, 0.25) is 0 Å². The summed E-state index contributed by atoms with van der Waals surface area (Å²) in [5, 5.41) is 1.95. The van der Waals surface area contributed by atoms with E-state index < -0.39 is 0 Å². The zero-order valence-electron chi connectivity index (χ0n) is 19.0. The highest BCUT2D eigenvalue weighted by Gasteiger charge is 2.52. The Balaban J connectivity index is 1.29. The number of carbonyl (C=O) groups is 2. The minimum absolute atomic E-state index is 0.193. The Labute approximate surface area is 201 Å². The number of hydrogen-bond acceptors (Lipinski definition) is 6. The smallest absolute Gasteiger partial charge is 0.290 e. The molecular formula is C27H25N3O3S. The lowest BCUT2D eigenvalue weighted by atomic mass is 9.48. The van der Waals surface area contributed by atoms with Crippen LogP contribution in [0.25, 0.3) is 28.4 Å². The summed E-state index contributed by atoms with van der Waals surface area (Å²) in [5.74, 6) is 2.88. The van der Waals surface area contributed by atoms with Crippen LogP contribution in [-0.2, 0) is 10.2 Å². The predicted octanol–water partition coefficient (Wildman–Crippen LogP) is 5.99. The Bertz CT molecular complexity index is 1350. The zero-order chi connectivity index (χ0) is 23.0. The highest BCUT2D eigenvalue weighted by molar-refractivity contribution is 8.18. The fraction of sp³-hybridized carbons (Fsp3) is 0.407. The second-order valence-electron chi connectivity index (χ2n) is 10.6. The Morgan fingerprint density at radius 2 is 1.82 bits per heavy atom. The number of pyridine rings is 1. The first-order valence-corrected chi connectivity index (χ1v) is 12.9. The van der Waals surface area contributed by atoms with Crippen LogP contribution in [0.1, 0.15) is 55.5 Å². The lowest BCUT2D eigenvalue weighted by molar-refractivity contribution is -0.115. The van der Waals surface area contributed by atoms with Crippen molar-refractivity contribution in [1.29, 1.82) is 0 Å². The molecular weight excluding hydrogens is 446 g/mol. The second-order valence-corrected chi connectivity index (χ2v) is 11.6. The number of fused-ring (bicyclic) bond motifs is 1. The Kier molecular flexibility index (Phi) is 4.38. The van der Waals surface area contributed by atoms with Gasteiger partial charge in [-0.05, 0) is 103 Å². The van der Waals surface area contributed by atoms with Crippen LogP contribution in [0.4, 0.5) is 4.79 Å². The molecule has 0 spiro atoms. The van der Waals surface area contributed by atoms with Crippen molar-refractivity contribution in [3.05, 3.63) is 52.4 Å². The lowest BCUT2D eigenvalue weighted by Crippen LogP contribution is -2.48. The topological polar surface area (TPSA) is 85.1 Å². The number of benzene rings is 1. The number of oxazole rings is 1. The van der Waals surface area contributed by atoms with Crippen molar-refractivity contribution in [2.24, 2.45) is 17.8 Å². The van der Waals surface area contributed by atoms with Gasteiger partial charge in [-0.1, -0.05) is 6.07 Å². The largest absolute Gasteiger partial charge is 0.441 e. The van der Waals surface area contributed by atoms with E-state index in [0.717, 1.165) is 57.4 Å². The Hall–Kier alpha value is -2.93. The Morgan fingerprint density at radius 3 is 2.44 bits per heavy atom. The van der Waals surface area contributed by atoms with Crippen LogP contribution in [0.3, 0.4) is 0 Å². The van der Waals surface area contributed by atoms with E-state index in [1.54, 1.807) is 12.3 Å². The van der Waals surface area contributed by atoms with E-state index in [1.807, 2.05) is 19.1 Å². The van der Waals surface area contributed by atoms with Gasteiger partial charge in [0.05, 0.1) is 10.6 Å². The van der Waals surface area contributed by atoms with Crippen molar-refractivity contribution < 1.29 is 14.0 Å². The third-order valence-corrected chi connectivity index (χ3v) is 9.04. The van der Waals surface area contributed by atoms with Crippen LogP contribution in [-0.4, -0.2) is 21.1 Å². The first kappa shape index (κ1) is 20.4. The van der Waals surface area contributed by atoms with Crippen LogP contribution < -0.4 is 5.32 Å². The SMILES string of the molecule is Cc1nc2cc(-c3ccc(C=C4SC(=O)NC4=O)cn3)cc(C34CC5CC(CC(C5)C3)C4)c2o1. The maximum Gasteiger partial charge on any atom is 0.290 e. The first-order chi connectivity index (χ1) is 16.4. The molecule has 1 aliphatic heterocycles. The maximum absolute atomic E-state index is 11.8. The number of aromatic nitrogens is 2. The summed E-state index contributed by atoms with van der Waals surface area (Å²) in [6.45, 7) is 1.92. The number of carbonyl (C=O) groups excluding carboxylic acids is 2. The quantitative estimate of drug-likeness (QED) is 0.472. The van der Waals surface area contributed by atoms with Gasteiger partial charge in [-0.25, -0.2) is 4.98 Å². The maximum atomic E-state index is 11.8. The summed E-state index contributed by atoms with van der Waals surface area (Å²) in [7, 11) is 0.